The Kier molecular flexibility index (Phi) is 6.02. The fraction of sp³-hybridized carbons (Fsp3) is 0.222. The Morgan fingerprint density at radius 1 is 0.960 bits per heavy atom. The number of piperazine rings is 1. The predicted molar refractivity (Wildman–Crippen MR) is 107 cm³/mol. The lowest BCUT2D eigenvalue weighted by Gasteiger charge is -2.29. The average Bonchev–Trinajstić information content (AvgIpc) is 2.63. The van der Waals surface area contributed by atoms with E-state index in [0.717, 1.165) is 53.0 Å². The van der Waals surface area contributed by atoms with Crippen molar-refractivity contribution in [3.05, 3.63) is 53.6 Å². The van der Waals surface area contributed by atoms with Crippen molar-refractivity contribution in [1.82, 2.24) is 15.3 Å². The third-order valence-corrected chi connectivity index (χ3v) is 5.16. The summed E-state index contributed by atoms with van der Waals surface area (Å²) in [6.07, 6.45) is 0. The van der Waals surface area contributed by atoms with E-state index in [1.54, 1.807) is 11.8 Å². The number of rotatable bonds is 3. The Hall–Kier alpha value is -1.53. The van der Waals surface area contributed by atoms with Gasteiger partial charge < -0.3 is 10.2 Å². The second-order valence-electron chi connectivity index (χ2n) is 5.64. The monoisotopic (exact) mass is 392 g/mol. The summed E-state index contributed by atoms with van der Waals surface area (Å²) < 4.78 is 0. The van der Waals surface area contributed by atoms with Gasteiger partial charge in [-0.3, -0.25) is 0 Å². The minimum atomic E-state index is 0. The summed E-state index contributed by atoms with van der Waals surface area (Å²) in [5, 5.41) is 5.00. The fourth-order valence-corrected chi connectivity index (χ4v) is 3.85. The number of halogens is 2. The maximum atomic E-state index is 6.13. The highest BCUT2D eigenvalue weighted by Gasteiger charge is 2.19. The maximum Gasteiger partial charge on any atom is 0.162 e. The van der Waals surface area contributed by atoms with Gasteiger partial charge >= 0.3 is 0 Å². The van der Waals surface area contributed by atoms with Gasteiger partial charge in [-0.1, -0.05) is 41.6 Å². The number of nitrogens with one attached hydrogen (secondary N) is 1. The summed E-state index contributed by atoms with van der Waals surface area (Å²) in [7, 11) is 0. The van der Waals surface area contributed by atoms with Crippen LogP contribution in [0.2, 0.25) is 5.02 Å². The van der Waals surface area contributed by atoms with Crippen molar-refractivity contribution in [2.45, 2.75) is 9.92 Å². The molecule has 1 aromatic heterocycles. The maximum absolute atomic E-state index is 6.13. The van der Waals surface area contributed by atoms with Crippen LogP contribution in [0.15, 0.2) is 58.5 Å². The number of fused-ring (bicyclic) bond motifs is 1. The van der Waals surface area contributed by atoms with E-state index >= 15 is 0 Å². The minimum absolute atomic E-state index is 0. The molecule has 2 heterocycles. The zero-order valence-electron chi connectivity index (χ0n) is 13.5. The average molecular weight is 393 g/mol. The second kappa shape index (κ2) is 8.23. The Morgan fingerprint density at radius 3 is 2.48 bits per heavy atom. The first-order chi connectivity index (χ1) is 11.8. The molecule has 1 fully saturated rings. The molecule has 0 radical (unpaired) electrons. The number of hydrogen-bond acceptors (Lipinski definition) is 5. The molecule has 1 N–H and O–H groups in total. The van der Waals surface area contributed by atoms with E-state index in [1.165, 1.54) is 0 Å². The lowest BCUT2D eigenvalue weighted by atomic mass is 10.3. The molecular weight excluding hydrogens is 375 g/mol. The zero-order chi connectivity index (χ0) is 16.4. The molecule has 25 heavy (non-hydrogen) atoms. The highest BCUT2D eigenvalue weighted by Crippen LogP contribution is 2.34. The normalized spacial score (nSPS) is 14.4. The van der Waals surface area contributed by atoms with Crippen LogP contribution >= 0.6 is 35.8 Å². The molecule has 0 saturated carbocycles. The van der Waals surface area contributed by atoms with Crippen LogP contribution < -0.4 is 10.2 Å². The quantitative estimate of drug-likeness (QED) is 0.720. The molecule has 0 amide bonds. The molecule has 7 heteroatoms. The van der Waals surface area contributed by atoms with Crippen molar-refractivity contribution < 1.29 is 0 Å². The Labute approximate surface area is 162 Å². The summed E-state index contributed by atoms with van der Waals surface area (Å²) in [6, 6.07) is 16.0. The van der Waals surface area contributed by atoms with Crippen LogP contribution in [0.5, 0.6) is 0 Å². The van der Waals surface area contributed by atoms with Crippen molar-refractivity contribution >= 4 is 52.6 Å². The lowest BCUT2D eigenvalue weighted by Crippen LogP contribution is -2.44. The summed E-state index contributed by atoms with van der Waals surface area (Å²) in [5.74, 6) is 0.958. The van der Waals surface area contributed by atoms with Crippen LogP contribution in [0.4, 0.5) is 5.82 Å². The minimum Gasteiger partial charge on any atom is -0.352 e. The van der Waals surface area contributed by atoms with Crippen molar-refractivity contribution in [1.29, 1.82) is 0 Å². The summed E-state index contributed by atoms with van der Waals surface area (Å²) in [5.41, 5.74) is 1.71. The third kappa shape index (κ3) is 4.18. The van der Waals surface area contributed by atoms with Gasteiger partial charge in [-0.05, 0) is 30.3 Å². The van der Waals surface area contributed by atoms with Gasteiger partial charge in [0, 0.05) is 36.1 Å². The van der Waals surface area contributed by atoms with Gasteiger partial charge in [0.25, 0.3) is 0 Å². The predicted octanol–water partition coefficient (Wildman–Crippen LogP) is 4.27. The van der Waals surface area contributed by atoms with Gasteiger partial charge in [-0.2, -0.15) is 0 Å². The fourth-order valence-electron chi connectivity index (χ4n) is 2.75. The SMILES string of the molecule is Cl.Clc1ccc2nc(N3CCNCC3)c(Sc3ccccc3)nc2c1. The highest BCUT2D eigenvalue weighted by molar-refractivity contribution is 7.99. The van der Waals surface area contributed by atoms with Crippen molar-refractivity contribution in [3.8, 4) is 0 Å². The molecule has 0 spiro atoms. The van der Waals surface area contributed by atoms with Gasteiger partial charge in [-0.15, -0.1) is 12.4 Å². The number of nitrogens with zero attached hydrogens (tertiary/aromatic N) is 3. The number of benzene rings is 2. The van der Waals surface area contributed by atoms with E-state index in [9.17, 15) is 0 Å². The van der Waals surface area contributed by atoms with Crippen molar-refractivity contribution in [2.24, 2.45) is 0 Å². The summed E-state index contributed by atoms with van der Waals surface area (Å²) in [6.45, 7) is 3.82. The highest BCUT2D eigenvalue weighted by atomic mass is 35.5. The largest absolute Gasteiger partial charge is 0.352 e. The molecule has 4 nitrogen and oxygen atoms in total. The first-order valence-corrected chi connectivity index (χ1v) is 9.15. The number of hydrogen-bond donors (Lipinski definition) is 1. The van der Waals surface area contributed by atoms with Crippen LogP contribution in [0.1, 0.15) is 0 Å². The topological polar surface area (TPSA) is 41.1 Å². The van der Waals surface area contributed by atoms with Gasteiger partial charge in [0.05, 0.1) is 11.0 Å². The molecule has 0 atom stereocenters. The van der Waals surface area contributed by atoms with E-state index in [-0.39, 0.29) is 12.4 Å². The lowest BCUT2D eigenvalue weighted by molar-refractivity contribution is 0.581. The van der Waals surface area contributed by atoms with Crippen LogP contribution in [0.25, 0.3) is 11.0 Å². The van der Waals surface area contributed by atoms with E-state index in [1.807, 2.05) is 36.4 Å². The molecule has 1 saturated heterocycles. The molecule has 3 aromatic rings. The molecule has 4 rings (SSSR count). The van der Waals surface area contributed by atoms with E-state index in [2.05, 4.69) is 22.3 Å². The molecular formula is C18H18Cl2N4S. The molecule has 130 valence electrons. The third-order valence-electron chi connectivity index (χ3n) is 3.95. The van der Waals surface area contributed by atoms with Crippen LogP contribution in [0, 0.1) is 0 Å². The Balaban J connectivity index is 0.00000182. The van der Waals surface area contributed by atoms with Crippen molar-refractivity contribution in [3.63, 3.8) is 0 Å². The molecule has 0 unspecified atom stereocenters. The van der Waals surface area contributed by atoms with Gasteiger partial charge in [0.2, 0.25) is 0 Å². The Bertz CT molecular complexity index is 854. The first kappa shape index (κ1) is 18.3. The van der Waals surface area contributed by atoms with Crippen LogP contribution in [-0.4, -0.2) is 36.1 Å². The number of anilines is 1. The van der Waals surface area contributed by atoms with Gasteiger partial charge in [-0.25, -0.2) is 9.97 Å². The summed E-state index contributed by atoms with van der Waals surface area (Å²) in [4.78, 5) is 13.2. The van der Waals surface area contributed by atoms with Crippen molar-refractivity contribution in [2.75, 3.05) is 31.1 Å². The van der Waals surface area contributed by atoms with E-state index in [0.29, 0.717) is 5.02 Å². The van der Waals surface area contributed by atoms with Crippen LogP contribution in [-0.2, 0) is 0 Å². The molecule has 1 aliphatic heterocycles. The van der Waals surface area contributed by atoms with E-state index < -0.39 is 0 Å². The Morgan fingerprint density at radius 2 is 1.72 bits per heavy atom. The standard InChI is InChI=1S/C18H17ClN4S.ClH/c19-13-6-7-15-16(12-13)22-18(24-14-4-2-1-3-5-14)17(21-15)23-10-8-20-9-11-23;/h1-7,12,20H,8-11H2;1H. The molecule has 2 aromatic carbocycles. The summed E-state index contributed by atoms with van der Waals surface area (Å²) >= 11 is 7.78. The first-order valence-electron chi connectivity index (χ1n) is 7.95. The zero-order valence-corrected chi connectivity index (χ0v) is 15.9. The molecule has 0 aliphatic carbocycles. The molecule has 0 bridgehead atoms. The molecule has 1 aliphatic rings. The van der Waals surface area contributed by atoms with Crippen LogP contribution in [0.3, 0.4) is 0 Å². The second-order valence-corrected chi connectivity index (χ2v) is 7.14. The smallest absolute Gasteiger partial charge is 0.162 e. The van der Waals surface area contributed by atoms with Gasteiger partial charge in [0.15, 0.2) is 5.82 Å². The van der Waals surface area contributed by atoms with E-state index in [4.69, 9.17) is 21.6 Å². The number of aromatic nitrogens is 2. The van der Waals surface area contributed by atoms with Gasteiger partial charge in [0.1, 0.15) is 5.03 Å².